The predicted molar refractivity (Wildman–Crippen MR) is 549 cm³/mol. The minimum atomic E-state index is 0.183. The number of aromatic nitrogens is 4. The Morgan fingerprint density at radius 1 is 0.141 bits per heavy atom. The summed E-state index contributed by atoms with van der Waals surface area (Å²) in [5.74, 6) is 0. The predicted octanol–water partition coefficient (Wildman–Crippen LogP) is 21.1. The van der Waals surface area contributed by atoms with E-state index >= 15 is 0 Å². The molecule has 20 aromatic carbocycles. The molecule has 0 spiro atoms. The minimum Gasteiger partial charge on any atom is -0.310 e. The average molecular weight is 1620 g/mol. The molecule has 0 saturated carbocycles. The average Bonchev–Trinajstić information content (AvgIpc) is 1.54. The van der Waals surface area contributed by atoms with E-state index in [1.807, 2.05) is 0 Å². The van der Waals surface area contributed by atoms with Gasteiger partial charge in [0.15, 0.2) is 0 Å². The molecule has 0 aliphatic carbocycles. The second-order valence-corrected chi connectivity index (χ2v) is 34.2. The first-order valence-electron chi connectivity index (χ1n) is 44.7. The molecule has 24 aromatic rings. The van der Waals surface area contributed by atoms with Crippen LogP contribution >= 0.6 is 0 Å². The molecule has 4 aromatic heterocycles. The number of hydrogen-bond acceptors (Lipinski definition) is 0. The Morgan fingerprint density at radius 3 is 0.867 bits per heavy atom. The third kappa shape index (κ3) is 12.0. The van der Waals surface area contributed by atoms with Crippen LogP contribution in [0.2, 0.25) is 0 Å². The maximum Gasteiger partial charge on any atom is 0.247 e. The van der Waals surface area contributed by atoms with E-state index in [2.05, 4.69) is 504 Å². The molecule has 0 unspecified atom stereocenters. The van der Waals surface area contributed by atoms with Crippen molar-refractivity contribution in [3.05, 3.63) is 485 Å². The molecule has 8 heteroatoms. The van der Waals surface area contributed by atoms with Gasteiger partial charge in [-0.3, -0.25) is 0 Å². The number of nitrogens with zero attached hydrogens (tertiary/aromatic N) is 4. The third-order valence-electron chi connectivity index (χ3n) is 27.5. The molecule has 0 saturated heterocycles. The highest BCUT2D eigenvalue weighted by molar-refractivity contribution is 7.00. The first kappa shape index (κ1) is 74.5. The summed E-state index contributed by atoms with van der Waals surface area (Å²) in [5, 5.41) is 10.6. The summed E-state index contributed by atoms with van der Waals surface area (Å²) in [6.07, 6.45) is 0. The van der Waals surface area contributed by atoms with Crippen molar-refractivity contribution in [2.75, 3.05) is 0 Å². The van der Waals surface area contributed by atoms with Gasteiger partial charge in [-0.05, 0) is 137 Å². The molecule has 4 aliphatic rings. The summed E-state index contributed by atoms with van der Waals surface area (Å²) in [6, 6.07) is 177. The second kappa shape index (κ2) is 31.0. The fraction of sp³-hybridized carbons (Fsp3) is 0. The summed E-state index contributed by atoms with van der Waals surface area (Å²) < 4.78 is 9.88. The zero-order chi connectivity index (χ0) is 84.3. The van der Waals surface area contributed by atoms with Crippen LogP contribution in [0, 0.1) is 0 Å². The van der Waals surface area contributed by atoms with Crippen LogP contribution in [-0.4, -0.2) is 45.1 Å². The Balaban J connectivity index is 0.0000000926. The van der Waals surface area contributed by atoms with Gasteiger partial charge in [-0.2, -0.15) is 0 Å². The van der Waals surface area contributed by atoms with Gasteiger partial charge in [0, 0.05) is 87.9 Å². The highest BCUT2D eigenvalue weighted by atomic mass is 15.0. The van der Waals surface area contributed by atoms with Gasteiger partial charge >= 0.3 is 0 Å². The zero-order valence-electron chi connectivity index (χ0n) is 70.3. The van der Waals surface area contributed by atoms with E-state index in [0.29, 0.717) is 0 Å². The zero-order valence-corrected chi connectivity index (χ0v) is 70.3. The molecule has 0 bridgehead atoms. The topological polar surface area (TPSA) is 19.7 Å². The van der Waals surface area contributed by atoms with Crippen LogP contribution in [0.4, 0.5) is 0 Å². The second-order valence-electron chi connectivity index (χ2n) is 34.2. The Morgan fingerprint density at radius 2 is 0.406 bits per heavy atom. The van der Waals surface area contributed by atoms with Crippen molar-refractivity contribution in [1.29, 1.82) is 0 Å². The van der Waals surface area contributed by atoms with Crippen LogP contribution in [0.3, 0.4) is 0 Å². The highest BCUT2D eigenvalue weighted by Crippen LogP contribution is 2.40. The third-order valence-corrected chi connectivity index (χ3v) is 27.5. The molecule has 4 aliphatic heterocycles. The van der Waals surface area contributed by atoms with Crippen molar-refractivity contribution in [3.8, 4) is 67.3 Å². The number of benzene rings is 20. The molecule has 0 radical (unpaired) electrons. The summed E-state index contributed by atoms with van der Waals surface area (Å²) >= 11 is 0. The van der Waals surface area contributed by atoms with Crippen LogP contribution in [0.15, 0.2) is 485 Å². The molecule has 28 rings (SSSR count). The standard InChI is InChI=1S/4C30H20BN/c1-3-11-21(12-4-1)23-16-10-20-28-29(23)31(22-13-5-2-6-14-22)26-18-9-17-25-24-15-7-8-19-27(24)32(28)30(25)26;1-2-11-21(12-3-1)22-13-4-6-16-25(22)31-26-17-7-9-20-29(26)32-28-19-8-5-14-23(28)24-15-10-18-27(31)30(24)32;1-2-10-21(11-3-1)22-12-8-13-23(20-22)31-26-16-5-7-19-29(26)32-28-18-6-4-14-24(28)25-15-9-17-27(31)30(25)32;1-2-9-21(10-3-1)22-17-19-23(20-18-22)31-26-13-5-7-16-29(26)32-28-15-6-4-11-24(28)25-12-8-14-27(31)30(25)32/h4*1-20H. The Kier molecular flexibility index (Phi) is 18.0. The van der Waals surface area contributed by atoms with Crippen LogP contribution in [0.25, 0.3) is 154 Å². The number of para-hydroxylation sites is 11. The first-order valence-corrected chi connectivity index (χ1v) is 44.7. The molecule has 592 valence electrons. The number of hydrogen-bond donors (Lipinski definition) is 0. The van der Waals surface area contributed by atoms with Gasteiger partial charge in [0.2, 0.25) is 26.9 Å². The fourth-order valence-corrected chi connectivity index (χ4v) is 22.2. The lowest BCUT2D eigenvalue weighted by atomic mass is 9.34. The van der Waals surface area contributed by atoms with Crippen molar-refractivity contribution >= 4 is 180 Å². The molecule has 8 heterocycles. The maximum absolute atomic E-state index is 2.49. The minimum absolute atomic E-state index is 0.183. The quantitative estimate of drug-likeness (QED) is 0.135. The Labute approximate surface area is 745 Å². The van der Waals surface area contributed by atoms with Gasteiger partial charge < -0.3 is 18.3 Å². The molecular formula is C120H80B4N4. The Bertz CT molecular complexity index is 8460. The van der Waals surface area contributed by atoms with E-state index < -0.39 is 0 Å². The fourth-order valence-electron chi connectivity index (χ4n) is 22.2. The molecule has 0 atom stereocenters. The normalized spacial score (nSPS) is 12.3. The monoisotopic (exact) mass is 1620 g/mol. The summed E-state index contributed by atoms with van der Waals surface area (Å²) in [4.78, 5) is 0. The molecule has 0 N–H and O–H groups in total. The van der Waals surface area contributed by atoms with E-state index in [4.69, 9.17) is 0 Å². The summed E-state index contributed by atoms with van der Waals surface area (Å²) in [5.41, 5.74) is 42.1. The summed E-state index contributed by atoms with van der Waals surface area (Å²) in [7, 11) is 0. The van der Waals surface area contributed by atoms with Crippen molar-refractivity contribution in [2.45, 2.75) is 0 Å². The van der Waals surface area contributed by atoms with E-state index in [-0.39, 0.29) is 26.9 Å². The number of fused-ring (bicyclic) bond motifs is 20. The lowest BCUT2D eigenvalue weighted by molar-refractivity contribution is 1.19. The van der Waals surface area contributed by atoms with E-state index in [0.717, 1.165) is 0 Å². The van der Waals surface area contributed by atoms with E-state index in [1.165, 1.54) is 220 Å². The van der Waals surface area contributed by atoms with E-state index in [1.54, 1.807) is 0 Å². The van der Waals surface area contributed by atoms with Gasteiger partial charge in [-0.1, -0.05) is 459 Å². The first-order chi connectivity index (χ1) is 63.6. The lowest BCUT2D eigenvalue weighted by Crippen LogP contribution is -2.56. The SMILES string of the molecule is c1ccc(-c2ccc(B3c4ccccc4-n4c5ccccc5c5cccc3c54)cc2)cc1.c1ccc(-c2cccc(B3c4ccccc4-n4c5ccccc5c5cccc3c54)c2)cc1.c1ccc(-c2ccccc2B2c3ccccc3-n3c4ccccc4c4cccc2c43)cc1.c1ccc(B2c3c(-c4ccccc4)cccc3-n3c4ccccc4c4cccc2c43)cc1. The van der Waals surface area contributed by atoms with Crippen LogP contribution in [-0.2, 0) is 0 Å². The van der Waals surface area contributed by atoms with Crippen molar-refractivity contribution in [2.24, 2.45) is 0 Å². The molecule has 128 heavy (non-hydrogen) atoms. The lowest BCUT2D eigenvalue weighted by Gasteiger charge is -2.29. The molecule has 0 amide bonds. The summed E-state index contributed by atoms with van der Waals surface area (Å²) in [6.45, 7) is 0.790. The largest absolute Gasteiger partial charge is 0.310 e. The smallest absolute Gasteiger partial charge is 0.247 e. The molecular weight excluding hydrogens is 1540 g/mol. The van der Waals surface area contributed by atoms with E-state index in [9.17, 15) is 0 Å². The highest BCUT2D eigenvalue weighted by Gasteiger charge is 2.40. The maximum atomic E-state index is 2.49. The van der Waals surface area contributed by atoms with Crippen LogP contribution in [0.1, 0.15) is 0 Å². The van der Waals surface area contributed by atoms with Gasteiger partial charge in [0.05, 0.1) is 22.1 Å². The van der Waals surface area contributed by atoms with Gasteiger partial charge in [-0.25, -0.2) is 0 Å². The van der Waals surface area contributed by atoms with Gasteiger partial charge in [0.1, 0.15) is 0 Å². The Hall–Kier alpha value is -16.1. The molecule has 0 fully saturated rings. The van der Waals surface area contributed by atoms with Crippen LogP contribution < -0.4 is 65.6 Å². The van der Waals surface area contributed by atoms with Crippen LogP contribution in [0.5, 0.6) is 0 Å². The van der Waals surface area contributed by atoms with Gasteiger partial charge in [0.25, 0.3) is 0 Å². The number of rotatable bonds is 8. The van der Waals surface area contributed by atoms with Crippen molar-refractivity contribution < 1.29 is 0 Å². The van der Waals surface area contributed by atoms with Crippen molar-refractivity contribution in [3.63, 3.8) is 0 Å². The van der Waals surface area contributed by atoms with Gasteiger partial charge in [-0.15, -0.1) is 0 Å². The molecule has 4 nitrogen and oxygen atoms in total. The van der Waals surface area contributed by atoms with Crippen molar-refractivity contribution in [1.82, 2.24) is 18.3 Å².